The van der Waals surface area contributed by atoms with Crippen molar-refractivity contribution in [3.63, 3.8) is 0 Å². The van der Waals surface area contributed by atoms with Gasteiger partial charge in [0.05, 0.1) is 12.0 Å². The van der Waals surface area contributed by atoms with Crippen LogP contribution in [0.5, 0.6) is 0 Å². The molecular formula is C15H20O3. The van der Waals surface area contributed by atoms with Gasteiger partial charge in [-0.3, -0.25) is 4.79 Å². The average molecular weight is 248 g/mol. The van der Waals surface area contributed by atoms with E-state index < -0.39 is 6.10 Å². The molecule has 0 saturated carbocycles. The molecule has 1 heterocycles. The lowest BCUT2D eigenvalue weighted by Crippen LogP contribution is -2.46. The number of carbonyl (C=O) groups excluding carboxylic acids is 1. The summed E-state index contributed by atoms with van der Waals surface area (Å²) in [7, 11) is 0. The van der Waals surface area contributed by atoms with E-state index in [0.717, 1.165) is 18.4 Å². The first-order valence-electron chi connectivity index (χ1n) is 6.78. The van der Waals surface area contributed by atoms with Gasteiger partial charge in [-0.1, -0.05) is 25.5 Å². The third-order valence-corrected chi connectivity index (χ3v) is 5.29. The Kier molecular flexibility index (Phi) is 2.46. The van der Waals surface area contributed by atoms with Gasteiger partial charge in [0.2, 0.25) is 0 Å². The normalized spacial score (nSPS) is 43.2. The quantitative estimate of drug-likeness (QED) is 0.529. The first-order chi connectivity index (χ1) is 8.46. The number of esters is 1. The maximum Gasteiger partial charge on any atom is 0.318 e. The largest absolute Gasteiger partial charge is 0.430 e. The van der Waals surface area contributed by atoms with Gasteiger partial charge in [0, 0.05) is 17.4 Å². The molecule has 0 aromatic rings. The Hall–Kier alpha value is -1.09. The summed E-state index contributed by atoms with van der Waals surface area (Å²) in [6.07, 6.45) is 4.50. The molecule has 0 fully saturated rings. The second-order valence-electron chi connectivity index (χ2n) is 6.09. The molecule has 0 unspecified atom stereocenters. The minimum absolute atomic E-state index is 0.213. The highest BCUT2D eigenvalue weighted by Gasteiger charge is 2.52. The molecule has 3 rings (SSSR count). The maximum absolute atomic E-state index is 11.7. The van der Waals surface area contributed by atoms with E-state index in [-0.39, 0.29) is 17.3 Å². The monoisotopic (exact) mass is 248 g/mol. The molecule has 0 radical (unpaired) electrons. The van der Waals surface area contributed by atoms with E-state index in [9.17, 15) is 9.90 Å². The van der Waals surface area contributed by atoms with Crippen LogP contribution in [0.3, 0.4) is 0 Å². The van der Waals surface area contributed by atoms with Crippen LogP contribution < -0.4 is 0 Å². The maximum atomic E-state index is 11.7. The summed E-state index contributed by atoms with van der Waals surface area (Å²) in [4.78, 5) is 11.7. The minimum atomic E-state index is -0.579. The SMILES string of the molecule is C[C@H]1C(=O)OC2=C1[C@@H](O)[C@@]1(C)C(=CCC[C@@H]1C)C2. The van der Waals surface area contributed by atoms with Crippen LogP contribution in [0.4, 0.5) is 0 Å². The van der Waals surface area contributed by atoms with Gasteiger partial charge < -0.3 is 9.84 Å². The molecule has 2 aliphatic carbocycles. The Morgan fingerprint density at radius 1 is 1.44 bits per heavy atom. The number of rotatable bonds is 0. The average Bonchev–Trinajstić information content (AvgIpc) is 2.60. The van der Waals surface area contributed by atoms with Gasteiger partial charge in [-0.2, -0.15) is 0 Å². The predicted molar refractivity (Wildman–Crippen MR) is 67.5 cm³/mol. The number of hydrogen-bond acceptors (Lipinski definition) is 3. The smallest absolute Gasteiger partial charge is 0.318 e. The Balaban J connectivity index is 2.10. The second-order valence-corrected chi connectivity index (χ2v) is 6.09. The number of carbonyl (C=O) groups is 1. The molecule has 4 atom stereocenters. The standard InChI is InChI=1S/C15H20O3/c1-8-5-4-6-10-7-11-12(9(2)14(17)18-11)13(16)15(8,10)3/h6,8-9,13,16H,4-5,7H2,1-3H3/t8-,9+,13+,15+/m0/s1. The Morgan fingerprint density at radius 2 is 2.17 bits per heavy atom. The van der Waals surface area contributed by atoms with Gasteiger partial charge in [0.25, 0.3) is 0 Å². The van der Waals surface area contributed by atoms with Crippen molar-refractivity contribution in [2.75, 3.05) is 0 Å². The first kappa shape index (κ1) is 12.0. The predicted octanol–water partition coefficient (Wildman–Crippen LogP) is 2.56. The van der Waals surface area contributed by atoms with E-state index in [1.165, 1.54) is 5.57 Å². The summed E-state index contributed by atoms with van der Waals surface area (Å²) < 4.78 is 5.32. The summed E-state index contributed by atoms with van der Waals surface area (Å²) >= 11 is 0. The van der Waals surface area contributed by atoms with Crippen molar-refractivity contribution in [3.05, 3.63) is 23.0 Å². The van der Waals surface area contributed by atoms with Crippen LogP contribution in [0, 0.1) is 17.3 Å². The van der Waals surface area contributed by atoms with Gasteiger partial charge in [0.1, 0.15) is 5.76 Å². The molecular weight excluding hydrogens is 228 g/mol. The second kappa shape index (κ2) is 3.70. The van der Waals surface area contributed by atoms with Crippen LogP contribution in [0.15, 0.2) is 23.0 Å². The van der Waals surface area contributed by atoms with Crippen molar-refractivity contribution in [3.8, 4) is 0 Å². The highest BCUT2D eigenvalue weighted by atomic mass is 16.5. The van der Waals surface area contributed by atoms with Crippen molar-refractivity contribution in [1.82, 2.24) is 0 Å². The molecule has 0 spiro atoms. The minimum Gasteiger partial charge on any atom is -0.430 e. The molecule has 3 nitrogen and oxygen atoms in total. The van der Waals surface area contributed by atoms with Crippen LogP contribution in [0.1, 0.15) is 40.0 Å². The van der Waals surface area contributed by atoms with Crippen LogP contribution in [0.2, 0.25) is 0 Å². The molecule has 18 heavy (non-hydrogen) atoms. The third-order valence-electron chi connectivity index (χ3n) is 5.29. The Morgan fingerprint density at radius 3 is 2.89 bits per heavy atom. The van der Waals surface area contributed by atoms with Crippen molar-refractivity contribution in [2.45, 2.75) is 46.1 Å². The van der Waals surface area contributed by atoms with E-state index in [1.54, 1.807) is 0 Å². The summed E-state index contributed by atoms with van der Waals surface area (Å²) in [6, 6.07) is 0. The van der Waals surface area contributed by atoms with Crippen LogP contribution in [0.25, 0.3) is 0 Å². The fourth-order valence-corrected chi connectivity index (χ4v) is 3.71. The zero-order valence-corrected chi connectivity index (χ0v) is 11.2. The molecule has 0 aromatic heterocycles. The van der Waals surface area contributed by atoms with E-state index in [2.05, 4.69) is 19.9 Å². The summed E-state index contributed by atoms with van der Waals surface area (Å²) in [5.41, 5.74) is 1.85. The molecule has 0 bridgehead atoms. The summed E-state index contributed by atoms with van der Waals surface area (Å²) in [5.74, 6) is 0.638. The first-order valence-corrected chi connectivity index (χ1v) is 6.78. The van der Waals surface area contributed by atoms with Gasteiger partial charge in [-0.25, -0.2) is 0 Å². The molecule has 0 amide bonds. The van der Waals surface area contributed by atoms with Gasteiger partial charge in [-0.15, -0.1) is 0 Å². The number of hydrogen-bond donors (Lipinski definition) is 1. The van der Waals surface area contributed by atoms with Crippen molar-refractivity contribution in [1.29, 1.82) is 0 Å². The van der Waals surface area contributed by atoms with Crippen LogP contribution >= 0.6 is 0 Å². The van der Waals surface area contributed by atoms with Gasteiger partial charge in [0.15, 0.2) is 0 Å². The summed E-state index contributed by atoms with van der Waals surface area (Å²) in [5, 5.41) is 10.8. The highest BCUT2D eigenvalue weighted by Crippen LogP contribution is 2.55. The lowest BCUT2D eigenvalue weighted by molar-refractivity contribution is -0.139. The molecule has 3 heteroatoms. The summed E-state index contributed by atoms with van der Waals surface area (Å²) in [6.45, 7) is 6.16. The topological polar surface area (TPSA) is 46.5 Å². The molecule has 0 aromatic carbocycles. The number of ether oxygens (including phenoxy) is 1. The fraction of sp³-hybridized carbons (Fsp3) is 0.667. The van der Waals surface area contributed by atoms with Gasteiger partial charge >= 0.3 is 5.97 Å². The van der Waals surface area contributed by atoms with Crippen molar-refractivity contribution in [2.24, 2.45) is 17.3 Å². The Bertz CT molecular complexity index is 474. The number of aliphatic hydroxyl groups is 1. The molecule has 1 aliphatic heterocycles. The lowest BCUT2D eigenvalue weighted by atomic mass is 9.58. The number of fused-ring (bicyclic) bond motifs is 1. The molecule has 98 valence electrons. The highest BCUT2D eigenvalue weighted by molar-refractivity contribution is 5.81. The number of allylic oxidation sites excluding steroid dienone is 2. The van der Waals surface area contributed by atoms with E-state index in [4.69, 9.17) is 4.74 Å². The van der Waals surface area contributed by atoms with Crippen LogP contribution in [-0.4, -0.2) is 17.2 Å². The van der Waals surface area contributed by atoms with Crippen LogP contribution in [-0.2, 0) is 9.53 Å². The van der Waals surface area contributed by atoms with E-state index in [0.29, 0.717) is 18.1 Å². The lowest BCUT2D eigenvalue weighted by Gasteiger charge is -2.47. The third kappa shape index (κ3) is 1.31. The number of aliphatic hydroxyl groups excluding tert-OH is 1. The fourth-order valence-electron chi connectivity index (χ4n) is 3.71. The van der Waals surface area contributed by atoms with E-state index >= 15 is 0 Å². The zero-order valence-electron chi connectivity index (χ0n) is 11.2. The zero-order chi connectivity index (χ0) is 13.1. The molecule has 3 aliphatic rings. The van der Waals surface area contributed by atoms with Crippen molar-refractivity contribution >= 4 is 5.97 Å². The van der Waals surface area contributed by atoms with E-state index in [1.807, 2.05) is 6.92 Å². The Labute approximate surface area is 108 Å². The molecule has 0 saturated heterocycles. The van der Waals surface area contributed by atoms with Crippen molar-refractivity contribution < 1.29 is 14.6 Å². The molecule has 1 N–H and O–H groups in total. The van der Waals surface area contributed by atoms with Gasteiger partial charge in [-0.05, 0) is 25.7 Å².